The number of nitrogens with zero attached hydrogens (tertiary/aromatic N) is 3. The summed E-state index contributed by atoms with van der Waals surface area (Å²) in [7, 11) is 0. The largest absolute Gasteiger partial charge is 0.328 e. The molecule has 166 valence electrons. The van der Waals surface area contributed by atoms with E-state index in [4.69, 9.17) is 0 Å². The lowest BCUT2D eigenvalue weighted by molar-refractivity contribution is -0.114. The standard InChI is InChI=1S/C25H27FN4OS/c1-15-21(16(2)31)22(17-10-12-19(13-11-17)25(3,4)5)30-23(27-15)28-24(29-30)32-14-18-8-6-7-9-20(18)26/h6-13,22H,14H2,1-5H3,(H,27,28,29). The zero-order valence-corrected chi connectivity index (χ0v) is 19.8. The highest BCUT2D eigenvalue weighted by molar-refractivity contribution is 7.98. The first-order valence-electron chi connectivity index (χ1n) is 10.6. The van der Waals surface area contributed by atoms with Gasteiger partial charge in [0.25, 0.3) is 0 Å². The van der Waals surface area contributed by atoms with E-state index < -0.39 is 0 Å². The van der Waals surface area contributed by atoms with Gasteiger partial charge in [-0.25, -0.2) is 9.07 Å². The van der Waals surface area contributed by atoms with Crippen molar-refractivity contribution in [3.05, 3.63) is 82.3 Å². The topological polar surface area (TPSA) is 59.8 Å². The summed E-state index contributed by atoms with van der Waals surface area (Å²) in [5.74, 6) is 0.748. The number of benzene rings is 2. The van der Waals surface area contributed by atoms with Gasteiger partial charge in [-0.3, -0.25) is 4.79 Å². The molecule has 0 radical (unpaired) electrons. The second-order valence-electron chi connectivity index (χ2n) is 9.04. The van der Waals surface area contributed by atoms with Crippen molar-refractivity contribution >= 4 is 23.5 Å². The molecule has 5 nitrogen and oxygen atoms in total. The maximum absolute atomic E-state index is 14.0. The van der Waals surface area contributed by atoms with Gasteiger partial charge in [-0.05, 0) is 42.0 Å². The van der Waals surface area contributed by atoms with Gasteiger partial charge in [0.15, 0.2) is 5.78 Å². The van der Waals surface area contributed by atoms with E-state index in [0.717, 1.165) is 11.3 Å². The number of allylic oxidation sites excluding steroid dienone is 2. The SMILES string of the molecule is CC(=O)C1=C(C)Nc2nc(SCc3ccccc3F)nn2C1c1ccc(C(C)(C)C)cc1. The van der Waals surface area contributed by atoms with E-state index in [1.165, 1.54) is 23.4 Å². The number of rotatable bonds is 5. The third kappa shape index (κ3) is 4.35. The molecule has 1 aromatic heterocycles. The Hall–Kier alpha value is -2.93. The van der Waals surface area contributed by atoms with Crippen LogP contribution in [0.4, 0.5) is 10.3 Å². The van der Waals surface area contributed by atoms with E-state index in [9.17, 15) is 9.18 Å². The Balaban J connectivity index is 1.69. The summed E-state index contributed by atoms with van der Waals surface area (Å²) in [6, 6.07) is 14.7. The van der Waals surface area contributed by atoms with Gasteiger partial charge in [-0.15, -0.1) is 5.10 Å². The average molecular weight is 451 g/mol. The number of anilines is 1. The molecule has 2 aromatic carbocycles. The number of carbonyl (C=O) groups excluding carboxylic acids is 1. The van der Waals surface area contributed by atoms with Crippen LogP contribution < -0.4 is 5.32 Å². The van der Waals surface area contributed by atoms with Crippen LogP contribution in [0.2, 0.25) is 0 Å². The number of aromatic nitrogens is 3. The van der Waals surface area contributed by atoms with Crippen molar-refractivity contribution in [1.29, 1.82) is 0 Å². The van der Waals surface area contributed by atoms with E-state index in [-0.39, 0.29) is 23.1 Å². The van der Waals surface area contributed by atoms with Gasteiger partial charge in [0, 0.05) is 17.0 Å². The predicted molar refractivity (Wildman–Crippen MR) is 126 cm³/mol. The number of fused-ring (bicyclic) bond motifs is 1. The Kier molecular flexibility index (Phi) is 5.95. The quantitative estimate of drug-likeness (QED) is 0.492. The van der Waals surface area contributed by atoms with Crippen LogP contribution in [0.25, 0.3) is 0 Å². The van der Waals surface area contributed by atoms with Crippen molar-refractivity contribution in [3.8, 4) is 0 Å². The number of hydrogen-bond acceptors (Lipinski definition) is 5. The number of carbonyl (C=O) groups is 1. The van der Waals surface area contributed by atoms with Crippen LogP contribution in [0.1, 0.15) is 57.4 Å². The van der Waals surface area contributed by atoms with E-state index in [1.54, 1.807) is 23.7 Å². The Morgan fingerprint density at radius 3 is 2.47 bits per heavy atom. The Bertz CT molecular complexity index is 1190. The molecule has 0 fully saturated rings. The summed E-state index contributed by atoms with van der Waals surface area (Å²) in [4.78, 5) is 17.2. The molecule has 1 aliphatic rings. The van der Waals surface area contributed by atoms with Crippen LogP contribution in [0.5, 0.6) is 0 Å². The van der Waals surface area contributed by atoms with Crippen LogP contribution >= 0.6 is 11.8 Å². The molecule has 3 aromatic rings. The summed E-state index contributed by atoms with van der Waals surface area (Å²) < 4.78 is 15.8. The molecule has 32 heavy (non-hydrogen) atoms. The van der Waals surface area contributed by atoms with Crippen molar-refractivity contribution in [1.82, 2.24) is 14.8 Å². The summed E-state index contributed by atoms with van der Waals surface area (Å²) in [6.07, 6.45) is 0. The molecule has 1 atom stereocenters. The number of Topliss-reactive ketones (excluding diaryl/α,β-unsaturated/α-hetero) is 1. The zero-order valence-electron chi connectivity index (χ0n) is 18.9. The molecule has 0 amide bonds. The first-order chi connectivity index (χ1) is 15.1. The maximum Gasteiger partial charge on any atom is 0.227 e. The van der Waals surface area contributed by atoms with Crippen molar-refractivity contribution in [3.63, 3.8) is 0 Å². The van der Waals surface area contributed by atoms with Gasteiger partial charge < -0.3 is 5.32 Å². The lowest BCUT2D eigenvalue weighted by Crippen LogP contribution is -2.28. The van der Waals surface area contributed by atoms with Crippen LogP contribution in [0.3, 0.4) is 0 Å². The van der Waals surface area contributed by atoms with E-state index >= 15 is 0 Å². The third-order valence-electron chi connectivity index (χ3n) is 5.62. The molecule has 0 saturated carbocycles. The summed E-state index contributed by atoms with van der Waals surface area (Å²) in [5.41, 5.74) is 4.27. The average Bonchev–Trinajstić information content (AvgIpc) is 3.13. The number of halogens is 1. The van der Waals surface area contributed by atoms with Gasteiger partial charge in [-0.2, -0.15) is 4.98 Å². The fourth-order valence-corrected chi connectivity index (χ4v) is 4.70. The van der Waals surface area contributed by atoms with Crippen molar-refractivity contribution < 1.29 is 9.18 Å². The van der Waals surface area contributed by atoms with Gasteiger partial charge >= 0.3 is 0 Å². The monoisotopic (exact) mass is 450 g/mol. The highest BCUT2D eigenvalue weighted by Crippen LogP contribution is 2.37. The molecular formula is C25H27FN4OS. The molecule has 2 heterocycles. The molecule has 0 bridgehead atoms. The van der Waals surface area contributed by atoms with Gasteiger partial charge in [-0.1, -0.05) is 75.0 Å². The molecule has 7 heteroatoms. The summed E-state index contributed by atoms with van der Waals surface area (Å²) in [6.45, 7) is 9.98. The van der Waals surface area contributed by atoms with Crippen LogP contribution in [-0.2, 0) is 16.0 Å². The minimum absolute atomic E-state index is 0.0124. The van der Waals surface area contributed by atoms with Gasteiger partial charge in [0.05, 0.1) is 0 Å². The van der Waals surface area contributed by atoms with Crippen molar-refractivity contribution in [2.75, 3.05) is 5.32 Å². The number of nitrogens with one attached hydrogen (secondary N) is 1. The minimum Gasteiger partial charge on any atom is -0.328 e. The van der Waals surface area contributed by atoms with E-state index in [2.05, 4.69) is 60.4 Å². The Morgan fingerprint density at radius 1 is 1.16 bits per heavy atom. The Labute approximate surface area is 192 Å². The van der Waals surface area contributed by atoms with E-state index in [0.29, 0.717) is 28.0 Å². The second kappa shape index (κ2) is 8.54. The number of ketones is 1. The molecule has 0 aliphatic carbocycles. The lowest BCUT2D eigenvalue weighted by atomic mass is 9.85. The van der Waals surface area contributed by atoms with Crippen LogP contribution in [0, 0.1) is 5.82 Å². The van der Waals surface area contributed by atoms with Crippen molar-refractivity contribution in [2.45, 2.75) is 57.0 Å². The molecule has 0 saturated heterocycles. The van der Waals surface area contributed by atoms with E-state index in [1.807, 2.05) is 13.0 Å². The molecule has 1 unspecified atom stereocenters. The van der Waals surface area contributed by atoms with Gasteiger partial charge in [0.2, 0.25) is 11.1 Å². The number of hydrogen-bond donors (Lipinski definition) is 1. The minimum atomic E-state index is -0.368. The molecule has 1 aliphatic heterocycles. The van der Waals surface area contributed by atoms with Gasteiger partial charge in [0.1, 0.15) is 11.9 Å². The predicted octanol–water partition coefficient (Wildman–Crippen LogP) is 5.88. The number of thioether (sulfide) groups is 1. The molecule has 1 N–H and O–H groups in total. The maximum atomic E-state index is 14.0. The van der Waals surface area contributed by atoms with Crippen LogP contribution in [-0.4, -0.2) is 20.5 Å². The fourth-order valence-electron chi connectivity index (χ4n) is 3.88. The fraction of sp³-hybridized carbons (Fsp3) is 0.320. The highest BCUT2D eigenvalue weighted by atomic mass is 32.2. The molecular weight excluding hydrogens is 423 g/mol. The van der Waals surface area contributed by atoms with Crippen molar-refractivity contribution in [2.24, 2.45) is 0 Å². The second-order valence-corrected chi connectivity index (χ2v) is 9.98. The first kappa shape index (κ1) is 22.3. The Morgan fingerprint density at radius 2 is 1.84 bits per heavy atom. The first-order valence-corrected chi connectivity index (χ1v) is 11.6. The normalized spacial score (nSPS) is 16.0. The smallest absolute Gasteiger partial charge is 0.227 e. The summed E-state index contributed by atoms with van der Waals surface area (Å²) in [5, 5.41) is 8.44. The third-order valence-corrected chi connectivity index (χ3v) is 6.51. The lowest BCUT2D eigenvalue weighted by Gasteiger charge is -2.28. The molecule has 4 rings (SSSR count). The zero-order chi connectivity index (χ0) is 23.0. The highest BCUT2D eigenvalue weighted by Gasteiger charge is 2.33. The molecule has 0 spiro atoms. The van der Waals surface area contributed by atoms with Crippen LogP contribution in [0.15, 0.2) is 65.0 Å². The summed E-state index contributed by atoms with van der Waals surface area (Å²) >= 11 is 1.37.